The molecule has 1 saturated carbocycles. The molecule has 2 fully saturated rings. The molecule has 0 amide bonds. The number of hydrogen-bond donors (Lipinski definition) is 1. The number of morpholine rings is 1. The van der Waals surface area contributed by atoms with Gasteiger partial charge in [-0.2, -0.15) is 0 Å². The number of aromatic nitrogens is 1. The molecule has 18 heavy (non-hydrogen) atoms. The highest BCUT2D eigenvalue weighted by atomic mass is 32.1. The Bertz CT molecular complexity index is 403. The number of rotatable bonds is 4. The molecule has 0 spiro atoms. The van der Waals surface area contributed by atoms with Crippen LogP contribution < -0.4 is 5.32 Å². The Morgan fingerprint density at radius 2 is 2.39 bits per heavy atom. The molecule has 0 aromatic carbocycles. The monoisotopic (exact) mass is 267 g/mol. The van der Waals surface area contributed by atoms with Crippen molar-refractivity contribution in [1.82, 2.24) is 15.2 Å². The van der Waals surface area contributed by atoms with Gasteiger partial charge in [0.25, 0.3) is 0 Å². The topological polar surface area (TPSA) is 37.4 Å². The van der Waals surface area contributed by atoms with Crippen molar-refractivity contribution < 1.29 is 4.74 Å². The Labute approximate surface area is 112 Å². The molecule has 2 atom stereocenters. The van der Waals surface area contributed by atoms with Crippen LogP contribution in [0.4, 0.5) is 0 Å². The van der Waals surface area contributed by atoms with Gasteiger partial charge in [0.15, 0.2) is 0 Å². The largest absolute Gasteiger partial charge is 0.373 e. The summed E-state index contributed by atoms with van der Waals surface area (Å²) < 4.78 is 5.97. The zero-order chi connectivity index (χ0) is 12.5. The molecule has 0 radical (unpaired) electrons. The smallest absolute Gasteiger partial charge is 0.113 e. The van der Waals surface area contributed by atoms with Crippen molar-refractivity contribution in [2.24, 2.45) is 0 Å². The normalized spacial score (nSPS) is 29.7. The molecule has 2 heterocycles. The molecule has 4 nitrogen and oxygen atoms in total. The molecule has 0 bridgehead atoms. The maximum atomic E-state index is 5.97. The van der Waals surface area contributed by atoms with E-state index in [1.54, 1.807) is 11.3 Å². The van der Waals surface area contributed by atoms with Gasteiger partial charge in [-0.3, -0.25) is 4.90 Å². The Morgan fingerprint density at radius 3 is 3.00 bits per heavy atom. The van der Waals surface area contributed by atoms with E-state index in [9.17, 15) is 0 Å². The SMILES string of the molecule is CNCC1OCCN(C2CC2)C1c1nc(C)cs1. The van der Waals surface area contributed by atoms with Crippen molar-refractivity contribution in [1.29, 1.82) is 0 Å². The maximum Gasteiger partial charge on any atom is 0.113 e. The molecular weight excluding hydrogens is 246 g/mol. The van der Waals surface area contributed by atoms with Crippen molar-refractivity contribution >= 4 is 11.3 Å². The van der Waals surface area contributed by atoms with Crippen molar-refractivity contribution in [3.8, 4) is 0 Å². The Hall–Kier alpha value is -0.490. The van der Waals surface area contributed by atoms with Gasteiger partial charge in [-0.05, 0) is 26.8 Å². The summed E-state index contributed by atoms with van der Waals surface area (Å²) in [7, 11) is 1.99. The van der Waals surface area contributed by atoms with E-state index in [4.69, 9.17) is 9.72 Å². The van der Waals surface area contributed by atoms with Crippen molar-refractivity contribution in [2.45, 2.75) is 38.0 Å². The summed E-state index contributed by atoms with van der Waals surface area (Å²) in [6.07, 6.45) is 2.91. The van der Waals surface area contributed by atoms with Crippen molar-refractivity contribution in [3.05, 3.63) is 16.1 Å². The second-order valence-electron chi connectivity index (χ2n) is 5.21. The molecule has 100 valence electrons. The molecule has 1 aromatic rings. The third-order valence-corrected chi connectivity index (χ3v) is 4.74. The highest BCUT2D eigenvalue weighted by Gasteiger charge is 2.42. The highest BCUT2D eigenvalue weighted by Crippen LogP contribution is 2.39. The number of aryl methyl sites for hydroxylation is 1. The summed E-state index contributed by atoms with van der Waals surface area (Å²) in [5.74, 6) is 0. The second-order valence-corrected chi connectivity index (χ2v) is 6.10. The molecule has 1 N–H and O–H groups in total. The Morgan fingerprint density at radius 1 is 1.56 bits per heavy atom. The van der Waals surface area contributed by atoms with E-state index in [1.165, 1.54) is 17.8 Å². The van der Waals surface area contributed by atoms with Crippen LogP contribution in [-0.4, -0.2) is 48.8 Å². The zero-order valence-corrected chi connectivity index (χ0v) is 11.9. The predicted octanol–water partition coefficient (Wildman–Crippen LogP) is 1.58. The Kier molecular flexibility index (Phi) is 3.66. The molecule has 2 unspecified atom stereocenters. The standard InChI is InChI=1S/C13H21N3OS/c1-9-8-18-13(15-9)12-11(7-14-2)17-6-5-16(12)10-3-4-10/h8,10-12,14H,3-7H2,1-2H3. The lowest BCUT2D eigenvalue weighted by Gasteiger charge is -2.40. The first-order chi connectivity index (χ1) is 8.79. The highest BCUT2D eigenvalue weighted by molar-refractivity contribution is 7.09. The fourth-order valence-corrected chi connectivity index (χ4v) is 3.72. The van der Waals surface area contributed by atoms with Crippen molar-refractivity contribution in [2.75, 3.05) is 26.7 Å². The summed E-state index contributed by atoms with van der Waals surface area (Å²) in [4.78, 5) is 7.31. The number of likely N-dealkylation sites (N-methyl/N-ethyl adjacent to an activating group) is 1. The van der Waals surface area contributed by atoms with E-state index in [-0.39, 0.29) is 6.10 Å². The number of hydrogen-bond acceptors (Lipinski definition) is 5. The number of nitrogens with zero attached hydrogens (tertiary/aromatic N) is 2. The summed E-state index contributed by atoms with van der Waals surface area (Å²) in [5, 5.41) is 6.61. The number of thiazole rings is 1. The second kappa shape index (κ2) is 5.25. The third kappa shape index (κ3) is 2.45. The van der Waals surface area contributed by atoms with Gasteiger partial charge in [-0.25, -0.2) is 4.98 Å². The van der Waals surface area contributed by atoms with E-state index in [0.717, 1.165) is 31.4 Å². The number of nitrogens with one attached hydrogen (secondary N) is 1. The van der Waals surface area contributed by atoms with Gasteiger partial charge < -0.3 is 10.1 Å². The first-order valence-electron chi connectivity index (χ1n) is 6.73. The Balaban J connectivity index is 1.85. The van der Waals surface area contributed by atoms with Crippen LogP contribution in [0.25, 0.3) is 0 Å². The van der Waals surface area contributed by atoms with Gasteiger partial charge in [0, 0.05) is 30.2 Å². The summed E-state index contributed by atoms with van der Waals surface area (Å²) in [5.41, 5.74) is 1.12. The molecule has 2 aliphatic rings. The van der Waals surface area contributed by atoms with Gasteiger partial charge >= 0.3 is 0 Å². The van der Waals surface area contributed by atoms with Crippen molar-refractivity contribution in [3.63, 3.8) is 0 Å². The maximum absolute atomic E-state index is 5.97. The van der Waals surface area contributed by atoms with Crippen LogP contribution in [0.1, 0.15) is 29.6 Å². The van der Waals surface area contributed by atoms with E-state index >= 15 is 0 Å². The van der Waals surface area contributed by atoms with Gasteiger partial charge in [0.05, 0.1) is 18.8 Å². The van der Waals surface area contributed by atoms with Crippen LogP contribution >= 0.6 is 11.3 Å². The van der Waals surface area contributed by atoms with Gasteiger partial charge in [-0.15, -0.1) is 11.3 Å². The van der Waals surface area contributed by atoms with Gasteiger partial charge in [-0.1, -0.05) is 0 Å². The lowest BCUT2D eigenvalue weighted by atomic mass is 10.1. The average Bonchev–Trinajstić information content (AvgIpc) is 3.12. The van der Waals surface area contributed by atoms with Crippen LogP contribution in [-0.2, 0) is 4.74 Å². The molecule has 1 aromatic heterocycles. The van der Waals surface area contributed by atoms with Gasteiger partial charge in [0.2, 0.25) is 0 Å². The number of ether oxygens (including phenoxy) is 1. The minimum atomic E-state index is 0.231. The quantitative estimate of drug-likeness (QED) is 0.898. The predicted molar refractivity (Wildman–Crippen MR) is 73.0 cm³/mol. The molecule has 5 heteroatoms. The van der Waals surface area contributed by atoms with Crippen LogP contribution in [0.2, 0.25) is 0 Å². The van der Waals surface area contributed by atoms with Crippen LogP contribution in [0.5, 0.6) is 0 Å². The van der Waals surface area contributed by atoms with E-state index in [0.29, 0.717) is 6.04 Å². The molecule has 3 rings (SSSR count). The summed E-state index contributed by atoms with van der Waals surface area (Å²) in [6.45, 7) is 4.86. The lowest BCUT2D eigenvalue weighted by Crippen LogP contribution is -2.49. The lowest BCUT2D eigenvalue weighted by molar-refractivity contribution is -0.0740. The van der Waals surface area contributed by atoms with E-state index in [2.05, 4.69) is 22.5 Å². The fraction of sp³-hybridized carbons (Fsp3) is 0.769. The first kappa shape index (κ1) is 12.5. The minimum Gasteiger partial charge on any atom is -0.373 e. The minimum absolute atomic E-state index is 0.231. The van der Waals surface area contributed by atoms with Crippen LogP contribution in [0.3, 0.4) is 0 Å². The van der Waals surface area contributed by atoms with Crippen LogP contribution in [0.15, 0.2) is 5.38 Å². The zero-order valence-electron chi connectivity index (χ0n) is 11.1. The average molecular weight is 267 g/mol. The summed E-state index contributed by atoms with van der Waals surface area (Å²) >= 11 is 1.77. The molecule has 1 aliphatic heterocycles. The summed E-state index contributed by atoms with van der Waals surface area (Å²) in [6, 6.07) is 1.11. The van der Waals surface area contributed by atoms with Gasteiger partial charge in [0.1, 0.15) is 5.01 Å². The first-order valence-corrected chi connectivity index (χ1v) is 7.61. The molecule has 1 saturated heterocycles. The van der Waals surface area contributed by atoms with E-state index in [1.807, 2.05) is 7.05 Å². The van der Waals surface area contributed by atoms with E-state index < -0.39 is 0 Å². The molecular formula is C13H21N3OS. The molecule has 1 aliphatic carbocycles. The third-order valence-electron chi connectivity index (χ3n) is 3.70. The van der Waals surface area contributed by atoms with Crippen LogP contribution in [0, 0.1) is 6.92 Å². The fourth-order valence-electron chi connectivity index (χ4n) is 2.75.